The number of rotatable bonds is 7. The minimum Gasteiger partial charge on any atom is -0.371 e. The Bertz CT molecular complexity index is 1120. The third kappa shape index (κ3) is 6.14. The van der Waals surface area contributed by atoms with Crippen LogP contribution < -0.4 is 15.5 Å². The second-order valence-electron chi connectivity index (χ2n) is 10.7. The van der Waals surface area contributed by atoms with Crippen LogP contribution in [0.2, 0.25) is 0 Å². The maximum absolute atomic E-state index is 13.3. The molecule has 0 radical (unpaired) electrons. The molecule has 1 aliphatic carbocycles. The van der Waals surface area contributed by atoms with Gasteiger partial charge in [-0.2, -0.15) is 13.2 Å². The highest BCUT2D eigenvalue weighted by Crippen LogP contribution is 2.36. The van der Waals surface area contributed by atoms with Gasteiger partial charge in [0.05, 0.1) is 23.7 Å². The average molecular weight is 529 g/mol. The molecular formula is C29H35F3N4O2. The Morgan fingerprint density at radius 2 is 1.61 bits per heavy atom. The highest BCUT2D eigenvalue weighted by atomic mass is 19.4. The fourth-order valence-electron chi connectivity index (χ4n) is 6.06. The smallest absolute Gasteiger partial charge is 0.371 e. The van der Waals surface area contributed by atoms with Gasteiger partial charge >= 0.3 is 6.18 Å². The third-order valence-corrected chi connectivity index (χ3v) is 8.18. The molecule has 2 aliphatic heterocycles. The third-order valence-electron chi connectivity index (χ3n) is 8.18. The number of alkyl halides is 3. The molecule has 0 atom stereocenters. The summed E-state index contributed by atoms with van der Waals surface area (Å²) in [6.07, 6.45) is 1.94. The molecule has 0 unspecified atom stereocenters. The van der Waals surface area contributed by atoms with E-state index in [1.54, 1.807) is 0 Å². The standard InChI is InChI=1S/C29H35F3N4O2/c30-29(31,32)22-10-13-26(35-14-4-5-15-35)25(16-22)28(38)33-17-27(37)34-23-18-36(19-23)24-11-8-21(9-12-24)20-6-2-1-3-7-20/h1-3,6-7,10,13,16,21,23-24H,4-5,8-9,11-12,14-15,17-19H2,(H,33,38)(H,34,37)/t21-,24+. The monoisotopic (exact) mass is 528 g/mol. The molecule has 2 aromatic carbocycles. The molecule has 2 saturated heterocycles. The van der Waals surface area contributed by atoms with Crippen LogP contribution in [0.5, 0.6) is 0 Å². The molecule has 2 N–H and O–H groups in total. The largest absolute Gasteiger partial charge is 0.416 e. The van der Waals surface area contributed by atoms with Crippen LogP contribution in [0.25, 0.3) is 0 Å². The van der Waals surface area contributed by atoms with Crippen molar-refractivity contribution in [3.8, 4) is 0 Å². The highest BCUT2D eigenvalue weighted by molar-refractivity contribution is 6.01. The molecule has 0 bridgehead atoms. The van der Waals surface area contributed by atoms with Gasteiger partial charge in [0.2, 0.25) is 5.91 Å². The van der Waals surface area contributed by atoms with E-state index in [0.717, 1.165) is 50.9 Å². The molecule has 204 valence electrons. The first-order valence-electron chi connectivity index (χ1n) is 13.6. The molecule has 9 heteroatoms. The number of hydrogen-bond acceptors (Lipinski definition) is 4. The first kappa shape index (κ1) is 26.5. The summed E-state index contributed by atoms with van der Waals surface area (Å²) >= 11 is 0. The number of benzene rings is 2. The highest BCUT2D eigenvalue weighted by Gasteiger charge is 2.36. The fourth-order valence-corrected chi connectivity index (χ4v) is 6.06. The summed E-state index contributed by atoms with van der Waals surface area (Å²) in [5.41, 5.74) is 0.974. The van der Waals surface area contributed by atoms with Crippen LogP contribution in [0.1, 0.15) is 65.9 Å². The topological polar surface area (TPSA) is 64.7 Å². The predicted molar refractivity (Wildman–Crippen MR) is 140 cm³/mol. The summed E-state index contributed by atoms with van der Waals surface area (Å²) in [4.78, 5) is 29.7. The molecular weight excluding hydrogens is 493 g/mol. The number of hydrogen-bond donors (Lipinski definition) is 2. The van der Waals surface area contributed by atoms with Gasteiger partial charge in [-0.05, 0) is 68.2 Å². The van der Waals surface area contributed by atoms with E-state index < -0.39 is 17.6 Å². The van der Waals surface area contributed by atoms with Crippen molar-refractivity contribution in [2.45, 2.75) is 62.7 Å². The van der Waals surface area contributed by atoms with E-state index in [0.29, 0.717) is 30.7 Å². The number of carbonyl (C=O) groups is 2. The Morgan fingerprint density at radius 1 is 0.921 bits per heavy atom. The van der Waals surface area contributed by atoms with E-state index >= 15 is 0 Å². The fraction of sp³-hybridized carbons (Fsp3) is 0.517. The minimum atomic E-state index is -4.55. The van der Waals surface area contributed by atoms with Crippen molar-refractivity contribution in [1.82, 2.24) is 15.5 Å². The predicted octanol–water partition coefficient (Wildman–Crippen LogP) is 4.56. The molecule has 3 aliphatic rings. The molecule has 3 fully saturated rings. The van der Waals surface area contributed by atoms with Gasteiger partial charge in [-0.25, -0.2) is 0 Å². The summed E-state index contributed by atoms with van der Waals surface area (Å²) < 4.78 is 39.9. The van der Waals surface area contributed by atoms with Crippen molar-refractivity contribution in [2.24, 2.45) is 0 Å². The van der Waals surface area contributed by atoms with Gasteiger partial charge < -0.3 is 15.5 Å². The molecule has 2 amide bonds. The Morgan fingerprint density at radius 3 is 2.26 bits per heavy atom. The summed E-state index contributed by atoms with van der Waals surface area (Å²) in [7, 11) is 0. The van der Waals surface area contributed by atoms with E-state index in [-0.39, 0.29) is 24.1 Å². The van der Waals surface area contributed by atoms with Crippen molar-refractivity contribution in [2.75, 3.05) is 37.6 Å². The summed E-state index contributed by atoms with van der Waals surface area (Å²) in [5.74, 6) is -0.375. The normalized spacial score (nSPS) is 22.7. The second kappa shape index (κ2) is 11.4. The van der Waals surface area contributed by atoms with E-state index in [4.69, 9.17) is 0 Å². The molecule has 2 aromatic rings. The number of likely N-dealkylation sites (tertiary alicyclic amines) is 1. The lowest BCUT2D eigenvalue weighted by Gasteiger charge is -2.46. The van der Waals surface area contributed by atoms with Gasteiger partial charge in [-0.1, -0.05) is 30.3 Å². The van der Waals surface area contributed by atoms with Gasteiger partial charge in [0, 0.05) is 37.9 Å². The lowest BCUT2D eigenvalue weighted by molar-refractivity contribution is -0.137. The maximum Gasteiger partial charge on any atom is 0.416 e. The Hall–Kier alpha value is -3.07. The SMILES string of the molecule is O=C(CNC(=O)c1cc(C(F)(F)F)ccc1N1CCCC1)NC1CN([C@H]2CC[C@@H](c3ccccc3)CC2)C1. The molecule has 0 spiro atoms. The quantitative estimate of drug-likeness (QED) is 0.553. The summed E-state index contributed by atoms with van der Waals surface area (Å²) in [5, 5.41) is 5.48. The number of nitrogens with one attached hydrogen (secondary N) is 2. The van der Waals surface area contributed by atoms with Crippen LogP contribution in [0.15, 0.2) is 48.5 Å². The van der Waals surface area contributed by atoms with E-state index in [1.165, 1.54) is 24.5 Å². The lowest BCUT2D eigenvalue weighted by Crippen LogP contribution is -2.63. The maximum atomic E-state index is 13.3. The number of carbonyl (C=O) groups excluding carboxylic acids is 2. The zero-order chi connectivity index (χ0) is 26.7. The van der Waals surface area contributed by atoms with Crippen LogP contribution in [-0.2, 0) is 11.0 Å². The Labute approximate surface area is 221 Å². The van der Waals surface area contributed by atoms with Crippen molar-refractivity contribution in [3.63, 3.8) is 0 Å². The van der Waals surface area contributed by atoms with Gasteiger partial charge in [0.25, 0.3) is 5.91 Å². The first-order chi connectivity index (χ1) is 18.3. The van der Waals surface area contributed by atoms with Gasteiger partial charge in [0.15, 0.2) is 0 Å². The van der Waals surface area contributed by atoms with Crippen molar-refractivity contribution < 1.29 is 22.8 Å². The molecule has 6 nitrogen and oxygen atoms in total. The van der Waals surface area contributed by atoms with Crippen LogP contribution >= 0.6 is 0 Å². The second-order valence-corrected chi connectivity index (χ2v) is 10.7. The molecule has 2 heterocycles. The van der Waals surface area contributed by atoms with Crippen molar-refractivity contribution in [3.05, 3.63) is 65.2 Å². The number of nitrogens with zero attached hydrogens (tertiary/aromatic N) is 2. The average Bonchev–Trinajstić information content (AvgIpc) is 3.44. The van der Waals surface area contributed by atoms with Crippen molar-refractivity contribution in [1.29, 1.82) is 0 Å². The molecule has 1 saturated carbocycles. The first-order valence-corrected chi connectivity index (χ1v) is 13.6. The van der Waals surface area contributed by atoms with Gasteiger partial charge in [-0.3, -0.25) is 14.5 Å². The zero-order valence-electron chi connectivity index (χ0n) is 21.5. The van der Waals surface area contributed by atoms with E-state index in [9.17, 15) is 22.8 Å². The number of amides is 2. The van der Waals surface area contributed by atoms with E-state index in [2.05, 4.69) is 39.8 Å². The summed E-state index contributed by atoms with van der Waals surface area (Å²) in [6.45, 7) is 2.68. The zero-order valence-corrected chi connectivity index (χ0v) is 21.5. The Balaban J connectivity index is 1.08. The van der Waals surface area contributed by atoms with Crippen LogP contribution in [0, 0.1) is 0 Å². The molecule has 38 heavy (non-hydrogen) atoms. The number of halogens is 3. The van der Waals surface area contributed by atoms with E-state index in [1.807, 2.05) is 11.0 Å². The van der Waals surface area contributed by atoms with Crippen LogP contribution in [-0.4, -0.2) is 61.5 Å². The number of anilines is 1. The van der Waals surface area contributed by atoms with Gasteiger partial charge in [-0.15, -0.1) is 0 Å². The molecule has 0 aromatic heterocycles. The van der Waals surface area contributed by atoms with Crippen LogP contribution in [0.3, 0.4) is 0 Å². The van der Waals surface area contributed by atoms with Crippen LogP contribution in [0.4, 0.5) is 18.9 Å². The molecule has 5 rings (SSSR count). The lowest BCUT2D eigenvalue weighted by atomic mass is 9.80. The van der Waals surface area contributed by atoms with Crippen molar-refractivity contribution >= 4 is 17.5 Å². The summed E-state index contributed by atoms with van der Waals surface area (Å²) in [6, 6.07) is 14.5. The Kier molecular flexibility index (Phi) is 7.93. The minimum absolute atomic E-state index is 0.0277. The van der Waals surface area contributed by atoms with Gasteiger partial charge in [0.1, 0.15) is 0 Å².